The molecule has 1 N–H and O–H groups in total. The number of carbonyl (C=O) groups excluding carboxylic acids is 1. The largest absolute Gasteiger partial charge is 0.491 e. The number of ether oxygens (including phenoxy) is 1. The van der Waals surface area contributed by atoms with Crippen molar-refractivity contribution in [2.75, 3.05) is 11.9 Å². The zero-order chi connectivity index (χ0) is 10.8. The Kier molecular flexibility index (Phi) is 2.62. The van der Waals surface area contributed by atoms with Crippen LogP contribution in [0.4, 0.5) is 5.69 Å². The fraction of sp³-hybridized carbons (Fsp3) is 0.417. The maximum Gasteiger partial charge on any atom is 0.227 e. The molecule has 0 atom stereocenters. The topological polar surface area (TPSA) is 38.3 Å². The Bertz CT molecular complexity index is 385. The third kappa shape index (κ3) is 1.96. The zero-order valence-electron chi connectivity index (χ0n) is 9.04. The second kappa shape index (κ2) is 3.93. The first-order valence-electron chi connectivity index (χ1n) is 5.24. The summed E-state index contributed by atoms with van der Waals surface area (Å²) < 4.78 is 5.50. The molecule has 1 aliphatic heterocycles. The summed E-state index contributed by atoms with van der Waals surface area (Å²) in [5.41, 5.74) is 1.97. The van der Waals surface area contributed by atoms with Crippen LogP contribution < -0.4 is 10.1 Å². The first-order valence-corrected chi connectivity index (χ1v) is 5.24. The maximum atomic E-state index is 11.5. The minimum Gasteiger partial charge on any atom is -0.491 e. The normalized spacial score (nSPS) is 13.5. The van der Waals surface area contributed by atoms with Crippen LogP contribution in [0.1, 0.15) is 19.4 Å². The molecule has 2 rings (SSSR count). The lowest BCUT2D eigenvalue weighted by atomic mass is 10.1. The predicted molar refractivity (Wildman–Crippen MR) is 59.1 cm³/mol. The number of hydrogen-bond donors (Lipinski definition) is 1. The highest BCUT2D eigenvalue weighted by Crippen LogP contribution is 2.33. The third-order valence-corrected chi connectivity index (χ3v) is 2.50. The molecule has 15 heavy (non-hydrogen) atoms. The standard InChI is InChI=1S/C12H15NO2/c1-8(2)12(14)13-10-5-3-4-9-6-7-15-11(9)10/h3-5,8H,6-7H2,1-2H3,(H,13,14). The Morgan fingerprint density at radius 2 is 2.27 bits per heavy atom. The molecule has 0 spiro atoms. The molecular formula is C12H15NO2. The lowest BCUT2D eigenvalue weighted by Crippen LogP contribution is -2.18. The molecule has 0 saturated heterocycles. The molecular weight excluding hydrogens is 190 g/mol. The molecule has 3 nitrogen and oxygen atoms in total. The average Bonchev–Trinajstić information content (AvgIpc) is 2.66. The van der Waals surface area contributed by atoms with E-state index in [1.165, 1.54) is 5.56 Å². The summed E-state index contributed by atoms with van der Waals surface area (Å²) in [4.78, 5) is 11.5. The van der Waals surface area contributed by atoms with Gasteiger partial charge in [0.1, 0.15) is 5.75 Å². The number of nitrogens with one attached hydrogen (secondary N) is 1. The summed E-state index contributed by atoms with van der Waals surface area (Å²) in [7, 11) is 0. The third-order valence-electron chi connectivity index (χ3n) is 2.50. The van der Waals surface area contributed by atoms with Gasteiger partial charge in [0.05, 0.1) is 12.3 Å². The minimum absolute atomic E-state index is 0.0118. The molecule has 1 heterocycles. The molecule has 1 amide bonds. The van der Waals surface area contributed by atoms with Crippen molar-refractivity contribution in [2.45, 2.75) is 20.3 Å². The Morgan fingerprint density at radius 3 is 3.00 bits per heavy atom. The van der Waals surface area contributed by atoms with E-state index in [-0.39, 0.29) is 11.8 Å². The van der Waals surface area contributed by atoms with Gasteiger partial charge in [0.2, 0.25) is 5.91 Å². The summed E-state index contributed by atoms with van der Waals surface area (Å²) in [6.07, 6.45) is 0.931. The number of para-hydroxylation sites is 1. The number of rotatable bonds is 2. The second-order valence-electron chi connectivity index (χ2n) is 4.04. The van der Waals surface area contributed by atoms with Crippen LogP contribution in [0.5, 0.6) is 5.75 Å². The SMILES string of the molecule is CC(C)C(=O)Nc1cccc2c1OCC2. The highest BCUT2D eigenvalue weighted by atomic mass is 16.5. The van der Waals surface area contributed by atoms with Crippen molar-refractivity contribution < 1.29 is 9.53 Å². The van der Waals surface area contributed by atoms with Crippen molar-refractivity contribution >= 4 is 11.6 Å². The smallest absolute Gasteiger partial charge is 0.227 e. The van der Waals surface area contributed by atoms with Crippen molar-refractivity contribution in [1.29, 1.82) is 0 Å². The second-order valence-corrected chi connectivity index (χ2v) is 4.04. The number of fused-ring (bicyclic) bond motifs is 1. The molecule has 0 aliphatic carbocycles. The van der Waals surface area contributed by atoms with Crippen LogP contribution in [-0.2, 0) is 11.2 Å². The van der Waals surface area contributed by atoms with Crippen LogP contribution in [0.3, 0.4) is 0 Å². The molecule has 0 saturated carbocycles. The molecule has 1 aliphatic rings. The van der Waals surface area contributed by atoms with Crippen LogP contribution >= 0.6 is 0 Å². The molecule has 0 aromatic heterocycles. The molecule has 1 aromatic rings. The van der Waals surface area contributed by atoms with E-state index < -0.39 is 0 Å². The van der Waals surface area contributed by atoms with E-state index in [1.54, 1.807) is 0 Å². The van der Waals surface area contributed by atoms with E-state index in [1.807, 2.05) is 32.0 Å². The molecule has 80 valence electrons. The van der Waals surface area contributed by atoms with Crippen molar-refractivity contribution in [3.63, 3.8) is 0 Å². The van der Waals surface area contributed by atoms with Gasteiger partial charge in [0, 0.05) is 12.3 Å². The summed E-state index contributed by atoms with van der Waals surface area (Å²) in [6, 6.07) is 5.86. The summed E-state index contributed by atoms with van der Waals surface area (Å²) in [5.74, 6) is 0.854. The average molecular weight is 205 g/mol. The fourth-order valence-corrected chi connectivity index (χ4v) is 1.59. The first-order chi connectivity index (χ1) is 7.18. The van der Waals surface area contributed by atoms with E-state index >= 15 is 0 Å². The van der Waals surface area contributed by atoms with Gasteiger partial charge in [-0.25, -0.2) is 0 Å². The van der Waals surface area contributed by atoms with E-state index in [0.29, 0.717) is 6.61 Å². The molecule has 0 unspecified atom stereocenters. The Balaban J connectivity index is 2.22. The van der Waals surface area contributed by atoms with E-state index in [9.17, 15) is 4.79 Å². The van der Waals surface area contributed by atoms with Gasteiger partial charge in [-0.05, 0) is 11.6 Å². The molecule has 0 radical (unpaired) electrons. The van der Waals surface area contributed by atoms with E-state index in [4.69, 9.17) is 4.74 Å². The van der Waals surface area contributed by atoms with Crippen LogP contribution in [0, 0.1) is 5.92 Å². The maximum absolute atomic E-state index is 11.5. The number of carbonyl (C=O) groups is 1. The Morgan fingerprint density at radius 1 is 1.47 bits per heavy atom. The molecule has 3 heteroatoms. The number of hydrogen-bond acceptors (Lipinski definition) is 2. The van der Waals surface area contributed by atoms with Crippen molar-refractivity contribution in [3.8, 4) is 5.75 Å². The van der Waals surface area contributed by atoms with Gasteiger partial charge in [-0.1, -0.05) is 26.0 Å². The van der Waals surface area contributed by atoms with Gasteiger partial charge in [0.25, 0.3) is 0 Å². The van der Waals surface area contributed by atoms with Gasteiger partial charge in [-0.2, -0.15) is 0 Å². The summed E-state index contributed by atoms with van der Waals surface area (Å²) in [6.45, 7) is 4.46. The number of benzene rings is 1. The van der Waals surface area contributed by atoms with Crippen LogP contribution in [0.15, 0.2) is 18.2 Å². The van der Waals surface area contributed by atoms with Gasteiger partial charge in [0.15, 0.2) is 0 Å². The Labute approximate surface area is 89.4 Å². The van der Waals surface area contributed by atoms with Crippen molar-refractivity contribution in [3.05, 3.63) is 23.8 Å². The number of amides is 1. The molecule has 0 fully saturated rings. The summed E-state index contributed by atoms with van der Waals surface area (Å²) in [5, 5.41) is 2.88. The van der Waals surface area contributed by atoms with Gasteiger partial charge in [-0.3, -0.25) is 4.79 Å². The highest BCUT2D eigenvalue weighted by molar-refractivity contribution is 5.93. The van der Waals surface area contributed by atoms with Crippen LogP contribution in [0.2, 0.25) is 0 Å². The first kappa shape index (κ1) is 10.0. The van der Waals surface area contributed by atoms with Gasteiger partial charge < -0.3 is 10.1 Å². The summed E-state index contributed by atoms with van der Waals surface area (Å²) >= 11 is 0. The molecule has 1 aromatic carbocycles. The van der Waals surface area contributed by atoms with Crippen LogP contribution in [-0.4, -0.2) is 12.5 Å². The minimum atomic E-state index is -0.0118. The highest BCUT2D eigenvalue weighted by Gasteiger charge is 2.17. The number of anilines is 1. The van der Waals surface area contributed by atoms with Gasteiger partial charge >= 0.3 is 0 Å². The Hall–Kier alpha value is -1.51. The van der Waals surface area contributed by atoms with Crippen LogP contribution in [0.25, 0.3) is 0 Å². The van der Waals surface area contributed by atoms with E-state index in [0.717, 1.165) is 17.9 Å². The fourth-order valence-electron chi connectivity index (χ4n) is 1.59. The zero-order valence-corrected chi connectivity index (χ0v) is 9.04. The van der Waals surface area contributed by atoms with Gasteiger partial charge in [-0.15, -0.1) is 0 Å². The lowest BCUT2D eigenvalue weighted by molar-refractivity contribution is -0.118. The monoisotopic (exact) mass is 205 g/mol. The van der Waals surface area contributed by atoms with Crippen molar-refractivity contribution in [1.82, 2.24) is 0 Å². The van der Waals surface area contributed by atoms with Crippen molar-refractivity contribution in [2.24, 2.45) is 5.92 Å². The van der Waals surface area contributed by atoms with E-state index in [2.05, 4.69) is 5.32 Å². The quantitative estimate of drug-likeness (QED) is 0.804. The molecule has 0 bridgehead atoms. The predicted octanol–water partition coefficient (Wildman–Crippen LogP) is 2.22. The lowest BCUT2D eigenvalue weighted by Gasteiger charge is -2.11.